The Bertz CT molecular complexity index is 539. The number of amides is 1. The van der Waals surface area contributed by atoms with Gasteiger partial charge in [0.15, 0.2) is 0 Å². The van der Waals surface area contributed by atoms with Crippen LogP contribution in [-0.2, 0) is 9.53 Å². The van der Waals surface area contributed by atoms with E-state index in [2.05, 4.69) is 0 Å². The predicted molar refractivity (Wildman–Crippen MR) is 80.4 cm³/mol. The Morgan fingerprint density at radius 2 is 1.95 bits per heavy atom. The minimum atomic E-state index is -0.619. The molecule has 7 heteroatoms. The smallest absolute Gasteiger partial charge is 0.320 e. The Labute approximate surface area is 133 Å². The molecule has 0 aromatic heterocycles. The maximum atomic E-state index is 13.8. The molecule has 1 amide bonds. The molecule has 1 aromatic carbocycles. The molecule has 0 N–H and O–H groups in total. The fourth-order valence-electron chi connectivity index (χ4n) is 2.36. The van der Waals surface area contributed by atoms with E-state index in [4.69, 9.17) is 16.3 Å². The highest BCUT2D eigenvalue weighted by Gasteiger charge is 2.26. The third-order valence-corrected chi connectivity index (χ3v) is 3.81. The van der Waals surface area contributed by atoms with Crippen LogP contribution in [0.25, 0.3) is 0 Å². The van der Waals surface area contributed by atoms with Gasteiger partial charge in [-0.25, -0.2) is 4.39 Å². The number of halogens is 2. The summed E-state index contributed by atoms with van der Waals surface area (Å²) in [4.78, 5) is 27.2. The molecule has 0 atom stereocenters. The number of hydrogen-bond donors (Lipinski definition) is 0. The van der Waals surface area contributed by atoms with Gasteiger partial charge in [-0.1, -0.05) is 17.7 Å². The van der Waals surface area contributed by atoms with Crippen LogP contribution < -0.4 is 0 Å². The zero-order chi connectivity index (χ0) is 16.1. The van der Waals surface area contributed by atoms with Crippen LogP contribution in [0.2, 0.25) is 5.02 Å². The second-order valence-electron chi connectivity index (χ2n) is 4.97. The molecule has 1 aromatic rings. The average Bonchev–Trinajstić information content (AvgIpc) is 2.48. The topological polar surface area (TPSA) is 49.9 Å². The number of esters is 1. The summed E-state index contributed by atoms with van der Waals surface area (Å²) < 4.78 is 18.7. The molecule has 0 saturated carbocycles. The van der Waals surface area contributed by atoms with Gasteiger partial charge in [0.2, 0.25) is 0 Å². The van der Waals surface area contributed by atoms with Crippen molar-refractivity contribution in [3.63, 3.8) is 0 Å². The second kappa shape index (κ2) is 7.56. The monoisotopic (exact) mass is 328 g/mol. The first-order valence-corrected chi connectivity index (χ1v) is 7.52. The first kappa shape index (κ1) is 16.7. The predicted octanol–water partition coefficient (Wildman–Crippen LogP) is 1.80. The maximum Gasteiger partial charge on any atom is 0.320 e. The lowest BCUT2D eigenvalue weighted by molar-refractivity contribution is -0.144. The van der Waals surface area contributed by atoms with Crippen LogP contribution in [0.15, 0.2) is 18.2 Å². The Kier molecular flexibility index (Phi) is 5.74. The van der Waals surface area contributed by atoms with Crippen molar-refractivity contribution in [3.05, 3.63) is 34.6 Å². The highest BCUT2D eigenvalue weighted by molar-refractivity contribution is 6.33. The van der Waals surface area contributed by atoms with E-state index in [9.17, 15) is 14.0 Å². The van der Waals surface area contributed by atoms with Crippen LogP contribution in [0.4, 0.5) is 4.39 Å². The molecule has 0 radical (unpaired) electrons. The van der Waals surface area contributed by atoms with E-state index in [1.807, 2.05) is 4.90 Å². The number of nitrogens with zero attached hydrogens (tertiary/aromatic N) is 2. The van der Waals surface area contributed by atoms with E-state index in [-0.39, 0.29) is 23.1 Å². The van der Waals surface area contributed by atoms with Crippen molar-refractivity contribution in [1.82, 2.24) is 9.80 Å². The molecule has 5 nitrogen and oxygen atoms in total. The van der Waals surface area contributed by atoms with E-state index in [1.165, 1.54) is 18.2 Å². The summed E-state index contributed by atoms with van der Waals surface area (Å²) in [6.07, 6.45) is 0. The molecule has 0 bridgehead atoms. The largest absolute Gasteiger partial charge is 0.465 e. The van der Waals surface area contributed by atoms with Crippen LogP contribution in [0.5, 0.6) is 0 Å². The molecule has 1 heterocycles. The Morgan fingerprint density at radius 3 is 2.55 bits per heavy atom. The minimum Gasteiger partial charge on any atom is -0.465 e. The van der Waals surface area contributed by atoms with E-state index in [0.717, 1.165) is 0 Å². The standard InChI is InChI=1S/C15H18ClFN2O3/c1-2-22-13(20)10-18-6-8-19(9-7-18)15(21)14-11(16)4-3-5-12(14)17/h3-5H,2,6-10H2,1H3. The van der Waals surface area contributed by atoms with Gasteiger partial charge in [0, 0.05) is 26.2 Å². The number of rotatable bonds is 4. The second-order valence-corrected chi connectivity index (χ2v) is 5.38. The summed E-state index contributed by atoms with van der Waals surface area (Å²) in [5, 5.41) is 0.110. The van der Waals surface area contributed by atoms with E-state index < -0.39 is 11.7 Å². The van der Waals surface area contributed by atoms with Crippen LogP contribution in [0, 0.1) is 5.82 Å². The maximum absolute atomic E-state index is 13.8. The zero-order valence-corrected chi connectivity index (χ0v) is 13.1. The zero-order valence-electron chi connectivity index (χ0n) is 12.3. The van der Waals surface area contributed by atoms with E-state index in [1.54, 1.807) is 11.8 Å². The van der Waals surface area contributed by atoms with Gasteiger partial charge in [-0.3, -0.25) is 14.5 Å². The third-order valence-electron chi connectivity index (χ3n) is 3.49. The Morgan fingerprint density at radius 1 is 1.27 bits per heavy atom. The normalized spacial score (nSPS) is 15.7. The fraction of sp³-hybridized carbons (Fsp3) is 0.467. The van der Waals surface area contributed by atoms with Crippen LogP contribution >= 0.6 is 11.6 Å². The minimum absolute atomic E-state index is 0.0944. The van der Waals surface area contributed by atoms with E-state index in [0.29, 0.717) is 32.8 Å². The summed E-state index contributed by atoms with van der Waals surface area (Å²) in [7, 11) is 0. The molecule has 2 rings (SSSR count). The number of hydrogen-bond acceptors (Lipinski definition) is 4. The summed E-state index contributed by atoms with van der Waals surface area (Å²) in [6, 6.07) is 4.18. The van der Waals surface area contributed by atoms with Gasteiger partial charge in [0.1, 0.15) is 5.82 Å². The molecule has 1 aliphatic rings. The van der Waals surface area contributed by atoms with E-state index >= 15 is 0 Å². The first-order chi connectivity index (χ1) is 10.5. The molecule has 0 unspecified atom stereocenters. The number of carbonyl (C=O) groups is 2. The van der Waals surface area contributed by atoms with Gasteiger partial charge in [-0.2, -0.15) is 0 Å². The van der Waals surface area contributed by atoms with Crippen molar-refractivity contribution < 1.29 is 18.7 Å². The molecule has 22 heavy (non-hydrogen) atoms. The molecule has 1 fully saturated rings. The van der Waals surface area contributed by atoms with Crippen LogP contribution in [0.3, 0.4) is 0 Å². The highest BCUT2D eigenvalue weighted by atomic mass is 35.5. The third kappa shape index (κ3) is 3.96. The van der Waals surface area contributed by atoms with Crippen LogP contribution in [0.1, 0.15) is 17.3 Å². The molecule has 1 saturated heterocycles. The lowest BCUT2D eigenvalue weighted by Crippen LogP contribution is -2.50. The number of benzene rings is 1. The first-order valence-electron chi connectivity index (χ1n) is 7.14. The summed E-state index contributed by atoms with van der Waals surface area (Å²) in [5.41, 5.74) is -0.0944. The summed E-state index contributed by atoms with van der Waals surface area (Å²) >= 11 is 5.92. The van der Waals surface area contributed by atoms with Crippen molar-refractivity contribution in [2.24, 2.45) is 0 Å². The lowest BCUT2D eigenvalue weighted by atomic mass is 10.1. The fourth-order valence-corrected chi connectivity index (χ4v) is 2.60. The van der Waals surface area contributed by atoms with Crippen molar-refractivity contribution in [3.8, 4) is 0 Å². The summed E-state index contributed by atoms with van der Waals surface area (Å²) in [6.45, 7) is 4.23. The van der Waals surface area contributed by atoms with Gasteiger partial charge < -0.3 is 9.64 Å². The molecule has 0 spiro atoms. The number of carbonyl (C=O) groups excluding carboxylic acids is 2. The molecular weight excluding hydrogens is 311 g/mol. The van der Waals surface area contributed by atoms with Gasteiger partial charge >= 0.3 is 5.97 Å². The highest BCUT2D eigenvalue weighted by Crippen LogP contribution is 2.21. The van der Waals surface area contributed by atoms with Crippen molar-refractivity contribution in [1.29, 1.82) is 0 Å². The van der Waals surface area contributed by atoms with Crippen LogP contribution in [-0.4, -0.2) is 61.0 Å². The number of ether oxygens (including phenoxy) is 1. The SMILES string of the molecule is CCOC(=O)CN1CCN(C(=O)c2c(F)cccc2Cl)CC1. The molecular formula is C15H18ClFN2O3. The molecule has 0 aliphatic carbocycles. The van der Waals surface area contributed by atoms with Crippen molar-refractivity contribution in [2.45, 2.75) is 6.92 Å². The lowest BCUT2D eigenvalue weighted by Gasteiger charge is -2.34. The van der Waals surface area contributed by atoms with Gasteiger partial charge in [-0.15, -0.1) is 0 Å². The molecule has 120 valence electrons. The number of piperazine rings is 1. The van der Waals surface area contributed by atoms with Crippen molar-refractivity contribution >= 4 is 23.5 Å². The van der Waals surface area contributed by atoms with Crippen molar-refractivity contribution in [2.75, 3.05) is 39.3 Å². The van der Waals surface area contributed by atoms with Gasteiger partial charge in [-0.05, 0) is 19.1 Å². The summed E-state index contributed by atoms with van der Waals surface area (Å²) in [5.74, 6) is -1.32. The van der Waals surface area contributed by atoms with Gasteiger partial charge in [0.25, 0.3) is 5.91 Å². The quantitative estimate of drug-likeness (QED) is 0.791. The van der Waals surface area contributed by atoms with Gasteiger partial charge in [0.05, 0.1) is 23.7 Å². The Hall–Kier alpha value is -1.66. The Balaban J connectivity index is 1.94. The average molecular weight is 329 g/mol. The molecule has 1 aliphatic heterocycles.